The van der Waals surface area contributed by atoms with Gasteiger partial charge in [0.1, 0.15) is 0 Å². The number of methoxy groups -OCH3 is 2. The molecule has 1 amide bonds. The van der Waals surface area contributed by atoms with Crippen LogP contribution in [-0.2, 0) is 0 Å². The van der Waals surface area contributed by atoms with E-state index < -0.39 is 0 Å². The Hall–Kier alpha value is -2.76. The van der Waals surface area contributed by atoms with Gasteiger partial charge in [0.15, 0.2) is 23.1 Å². The van der Waals surface area contributed by atoms with Gasteiger partial charge in [-0.3, -0.25) is 4.79 Å². The summed E-state index contributed by atoms with van der Waals surface area (Å²) in [5.41, 5.74) is 0.580. The van der Waals surface area contributed by atoms with Crippen LogP contribution < -0.4 is 14.2 Å². The van der Waals surface area contributed by atoms with E-state index in [-0.39, 0.29) is 17.5 Å². The molecular formula is C21H24FNO4. The summed E-state index contributed by atoms with van der Waals surface area (Å²) in [6.07, 6.45) is 1.70. The molecule has 3 rings (SSSR count). The van der Waals surface area contributed by atoms with Gasteiger partial charge in [-0.15, -0.1) is 0 Å². The molecule has 0 aliphatic carbocycles. The molecule has 0 saturated carbocycles. The number of para-hydroxylation sites is 1. The molecule has 0 bridgehead atoms. The van der Waals surface area contributed by atoms with E-state index in [1.165, 1.54) is 6.07 Å². The lowest BCUT2D eigenvalue weighted by Crippen LogP contribution is -2.28. The van der Waals surface area contributed by atoms with Gasteiger partial charge in [-0.05, 0) is 49.1 Å². The normalized spacial score (nSPS) is 16.3. The zero-order valence-corrected chi connectivity index (χ0v) is 15.6. The number of ether oxygens (including phenoxy) is 3. The highest BCUT2D eigenvalue weighted by atomic mass is 19.1. The molecule has 2 aromatic carbocycles. The summed E-state index contributed by atoms with van der Waals surface area (Å²) in [6.45, 7) is 1.81. The minimum atomic E-state index is -0.353. The van der Waals surface area contributed by atoms with E-state index in [4.69, 9.17) is 14.2 Å². The van der Waals surface area contributed by atoms with Crippen molar-refractivity contribution >= 4 is 5.91 Å². The fraction of sp³-hybridized carbons (Fsp3) is 0.381. The van der Waals surface area contributed by atoms with Crippen molar-refractivity contribution in [2.24, 2.45) is 5.92 Å². The van der Waals surface area contributed by atoms with Crippen LogP contribution in [0.4, 0.5) is 4.39 Å². The number of rotatable bonds is 7. The molecule has 1 unspecified atom stereocenters. The molecule has 1 atom stereocenters. The van der Waals surface area contributed by atoms with Crippen LogP contribution >= 0.6 is 0 Å². The highest BCUT2D eigenvalue weighted by Crippen LogP contribution is 2.29. The summed E-state index contributed by atoms with van der Waals surface area (Å²) in [7, 11) is 3.11. The second-order valence-corrected chi connectivity index (χ2v) is 6.54. The maximum absolute atomic E-state index is 13.6. The topological polar surface area (TPSA) is 48.0 Å². The Balaban J connectivity index is 1.53. The predicted molar refractivity (Wildman–Crippen MR) is 100 cm³/mol. The zero-order chi connectivity index (χ0) is 19.2. The van der Waals surface area contributed by atoms with Crippen molar-refractivity contribution in [3.63, 3.8) is 0 Å². The minimum absolute atomic E-state index is 0.0199. The number of hydrogen-bond acceptors (Lipinski definition) is 4. The van der Waals surface area contributed by atoms with E-state index in [1.54, 1.807) is 50.6 Å². The van der Waals surface area contributed by atoms with E-state index in [1.807, 2.05) is 4.90 Å². The third-order valence-electron chi connectivity index (χ3n) is 4.82. The Labute approximate surface area is 158 Å². The van der Waals surface area contributed by atoms with Gasteiger partial charge < -0.3 is 19.1 Å². The smallest absolute Gasteiger partial charge is 0.254 e. The Morgan fingerprint density at radius 2 is 1.89 bits per heavy atom. The predicted octanol–water partition coefficient (Wildman–Crippen LogP) is 3.77. The van der Waals surface area contributed by atoms with E-state index in [9.17, 15) is 9.18 Å². The number of carbonyl (C=O) groups excluding carboxylic acids is 1. The summed E-state index contributed by atoms with van der Waals surface area (Å²) in [4.78, 5) is 14.6. The number of hydrogen-bond donors (Lipinski definition) is 0. The number of amides is 1. The molecule has 1 aliphatic rings. The lowest BCUT2D eigenvalue weighted by Gasteiger charge is -2.18. The zero-order valence-electron chi connectivity index (χ0n) is 15.6. The molecule has 0 spiro atoms. The maximum Gasteiger partial charge on any atom is 0.254 e. The molecule has 0 N–H and O–H groups in total. The van der Waals surface area contributed by atoms with E-state index in [2.05, 4.69) is 0 Å². The molecule has 1 aliphatic heterocycles. The molecule has 5 nitrogen and oxygen atoms in total. The van der Waals surface area contributed by atoms with Gasteiger partial charge in [0, 0.05) is 18.7 Å². The summed E-state index contributed by atoms with van der Waals surface area (Å²) in [6, 6.07) is 11.6. The highest BCUT2D eigenvalue weighted by Gasteiger charge is 2.27. The maximum atomic E-state index is 13.6. The van der Waals surface area contributed by atoms with Gasteiger partial charge in [0.25, 0.3) is 5.91 Å². The SMILES string of the molecule is COc1ccc(C(=O)N2CCC(CCOc3ccccc3F)C2)cc1OC. The molecule has 1 heterocycles. The first-order valence-electron chi connectivity index (χ1n) is 9.01. The Morgan fingerprint density at radius 3 is 2.63 bits per heavy atom. The fourth-order valence-electron chi connectivity index (χ4n) is 3.30. The number of nitrogens with zero attached hydrogens (tertiary/aromatic N) is 1. The van der Waals surface area contributed by atoms with Crippen molar-refractivity contribution in [2.45, 2.75) is 12.8 Å². The summed E-state index contributed by atoms with van der Waals surface area (Å²) in [5, 5.41) is 0. The first-order chi connectivity index (χ1) is 13.1. The Morgan fingerprint density at radius 1 is 1.11 bits per heavy atom. The van der Waals surface area contributed by atoms with Crippen molar-refractivity contribution in [3.05, 3.63) is 53.8 Å². The van der Waals surface area contributed by atoms with Gasteiger partial charge in [-0.1, -0.05) is 12.1 Å². The second-order valence-electron chi connectivity index (χ2n) is 6.54. The average Bonchev–Trinajstić information content (AvgIpc) is 3.17. The summed E-state index contributed by atoms with van der Waals surface area (Å²) >= 11 is 0. The summed E-state index contributed by atoms with van der Waals surface area (Å²) in [5.74, 6) is 1.38. The summed E-state index contributed by atoms with van der Waals surface area (Å²) < 4.78 is 29.6. The third-order valence-corrected chi connectivity index (χ3v) is 4.82. The van der Waals surface area contributed by atoms with Crippen molar-refractivity contribution in [2.75, 3.05) is 33.9 Å². The van der Waals surface area contributed by atoms with Crippen LogP contribution in [0.15, 0.2) is 42.5 Å². The number of benzene rings is 2. The third kappa shape index (κ3) is 4.51. The monoisotopic (exact) mass is 373 g/mol. The van der Waals surface area contributed by atoms with Gasteiger partial charge in [-0.25, -0.2) is 4.39 Å². The molecule has 27 heavy (non-hydrogen) atoms. The van der Waals surface area contributed by atoms with Crippen molar-refractivity contribution in [1.82, 2.24) is 4.90 Å². The van der Waals surface area contributed by atoms with Crippen LogP contribution in [0.25, 0.3) is 0 Å². The van der Waals surface area contributed by atoms with Crippen LogP contribution in [-0.4, -0.2) is 44.7 Å². The fourth-order valence-corrected chi connectivity index (χ4v) is 3.30. The van der Waals surface area contributed by atoms with Gasteiger partial charge in [-0.2, -0.15) is 0 Å². The standard InChI is InChI=1S/C21H24FNO4/c1-25-19-8-7-16(13-20(19)26-2)21(24)23-11-9-15(14-23)10-12-27-18-6-4-3-5-17(18)22/h3-8,13,15H,9-12,14H2,1-2H3. The first kappa shape index (κ1) is 19.0. The molecule has 2 aromatic rings. The Bertz CT molecular complexity index is 796. The Kier molecular flexibility index (Phi) is 6.16. The molecular weight excluding hydrogens is 349 g/mol. The number of halogens is 1. The largest absolute Gasteiger partial charge is 0.493 e. The van der Waals surface area contributed by atoms with E-state index >= 15 is 0 Å². The van der Waals surface area contributed by atoms with Gasteiger partial charge >= 0.3 is 0 Å². The van der Waals surface area contributed by atoms with Gasteiger partial charge in [0.2, 0.25) is 0 Å². The lowest BCUT2D eigenvalue weighted by atomic mass is 10.1. The van der Waals surface area contributed by atoms with Crippen molar-refractivity contribution in [3.8, 4) is 17.2 Å². The van der Waals surface area contributed by atoms with E-state index in [0.717, 1.165) is 12.8 Å². The van der Waals surface area contributed by atoms with Crippen molar-refractivity contribution in [1.29, 1.82) is 0 Å². The lowest BCUT2D eigenvalue weighted by molar-refractivity contribution is 0.0784. The molecule has 144 valence electrons. The second kappa shape index (κ2) is 8.75. The number of likely N-dealkylation sites (tertiary alicyclic amines) is 1. The molecule has 1 saturated heterocycles. The van der Waals surface area contributed by atoms with Crippen LogP contribution in [0.2, 0.25) is 0 Å². The average molecular weight is 373 g/mol. The number of carbonyl (C=O) groups is 1. The molecule has 0 aromatic heterocycles. The molecule has 0 radical (unpaired) electrons. The minimum Gasteiger partial charge on any atom is -0.493 e. The van der Waals surface area contributed by atoms with Crippen LogP contribution in [0.1, 0.15) is 23.2 Å². The molecule has 6 heteroatoms. The van der Waals surface area contributed by atoms with Crippen LogP contribution in [0, 0.1) is 11.7 Å². The molecule has 1 fully saturated rings. The van der Waals surface area contributed by atoms with Crippen molar-refractivity contribution < 1.29 is 23.4 Å². The van der Waals surface area contributed by atoms with E-state index in [0.29, 0.717) is 42.7 Å². The first-order valence-corrected chi connectivity index (χ1v) is 9.01. The quantitative estimate of drug-likeness (QED) is 0.741. The van der Waals surface area contributed by atoms with Crippen LogP contribution in [0.3, 0.4) is 0 Å². The highest BCUT2D eigenvalue weighted by molar-refractivity contribution is 5.95. The van der Waals surface area contributed by atoms with Crippen LogP contribution in [0.5, 0.6) is 17.2 Å². The van der Waals surface area contributed by atoms with Gasteiger partial charge in [0.05, 0.1) is 20.8 Å².